The molecule has 0 aliphatic heterocycles. The average Bonchev–Trinajstić information content (AvgIpc) is 2.71. The van der Waals surface area contributed by atoms with E-state index in [2.05, 4.69) is 20.9 Å². The molecule has 0 saturated heterocycles. The Morgan fingerprint density at radius 3 is 2.78 bits per heavy atom. The van der Waals surface area contributed by atoms with Gasteiger partial charge in [-0.05, 0) is 43.9 Å². The third-order valence-corrected chi connectivity index (χ3v) is 6.57. The maximum absolute atomic E-state index is 12.1. The zero-order chi connectivity index (χ0) is 19.6. The molecular formula is C20H32N4O2S. The van der Waals surface area contributed by atoms with E-state index in [4.69, 9.17) is 0 Å². The van der Waals surface area contributed by atoms with E-state index in [0.29, 0.717) is 24.7 Å². The number of rotatable bonds is 7. The Morgan fingerprint density at radius 1 is 1.26 bits per heavy atom. The third kappa shape index (κ3) is 6.65. The molecule has 0 spiro atoms. The molecule has 3 atom stereocenters. The molecule has 150 valence electrons. The fraction of sp³-hybridized carbons (Fsp3) is 0.600. The van der Waals surface area contributed by atoms with Gasteiger partial charge in [-0.25, -0.2) is 0 Å². The van der Waals surface area contributed by atoms with Crippen molar-refractivity contribution in [1.29, 1.82) is 0 Å². The molecule has 2 rings (SSSR count). The minimum absolute atomic E-state index is 0.0565. The Kier molecular flexibility index (Phi) is 8.78. The van der Waals surface area contributed by atoms with Crippen LogP contribution in [0, 0.1) is 0 Å². The van der Waals surface area contributed by atoms with Crippen LogP contribution in [0.1, 0.15) is 55.5 Å². The summed E-state index contributed by atoms with van der Waals surface area (Å²) in [5, 5.41) is 9.89. The van der Waals surface area contributed by atoms with Crippen molar-refractivity contribution in [2.45, 2.75) is 57.4 Å². The van der Waals surface area contributed by atoms with Gasteiger partial charge in [-0.2, -0.15) is 0 Å². The number of hydrogen-bond donors (Lipinski definition) is 3. The quantitative estimate of drug-likeness (QED) is 0.491. The van der Waals surface area contributed by atoms with E-state index >= 15 is 0 Å². The largest absolute Gasteiger partial charge is 0.354 e. The van der Waals surface area contributed by atoms with Crippen molar-refractivity contribution in [2.24, 2.45) is 4.99 Å². The summed E-state index contributed by atoms with van der Waals surface area (Å²) in [5.74, 6) is 1.41. The molecule has 0 bridgehead atoms. The van der Waals surface area contributed by atoms with Crippen LogP contribution in [0.15, 0.2) is 29.3 Å². The molecule has 3 unspecified atom stereocenters. The molecule has 0 heterocycles. The van der Waals surface area contributed by atoms with Crippen molar-refractivity contribution in [3.8, 4) is 0 Å². The minimum Gasteiger partial charge on any atom is -0.354 e. The van der Waals surface area contributed by atoms with Crippen molar-refractivity contribution >= 4 is 22.7 Å². The first-order valence-electron chi connectivity index (χ1n) is 9.78. The van der Waals surface area contributed by atoms with Gasteiger partial charge in [0.05, 0.1) is 0 Å². The summed E-state index contributed by atoms with van der Waals surface area (Å²) in [7, 11) is 1.02. The monoisotopic (exact) mass is 392 g/mol. The highest BCUT2D eigenvalue weighted by molar-refractivity contribution is 7.85. The second-order valence-corrected chi connectivity index (χ2v) is 8.79. The van der Waals surface area contributed by atoms with E-state index in [1.54, 1.807) is 7.05 Å². The predicted molar refractivity (Wildman–Crippen MR) is 113 cm³/mol. The van der Waals surface area contributed by atoms with Crippen LogP contribution in [0.5, 0.6) is 0 Å². The summed E-state index contributed by atoms with van der Waals surface area (Å²) in [6.07, 6.45) is 4.15. The number of carbonyl (C=O) groups is 1. The van der Waals surface area contributed by atoms with E-state index in [9.17, 15) is 9.00 Å². The van der Waals surface area contributed by atoms with Gasteiger partial charge in [-0.3, -0.25) is 14.0 Å². The second kappa shape index (κ2) is 11.1. The molecule has 6 nitrogen and oxygen atoms in total. The van der Waals surface area contributed by atoms with Crippen molar-refractivity contribution in [2.75, 3.05) is 19.3 Å². The van der Waals surface area contributed by atoms with E-state index < -0.39 is 10.8 Å². The summed E-state index contributed by atoms with van der Waals surface area (Å²) in [4.78, 5) is 16.3. The fourth-order valence-corrected chi connectivity index (χ4v) is 4.76. The summed E-state index contributed by atoms with van der Waals surface area (Å²) >= 11 is 0. The predicted octanol–water partition coefficient (Wildman–Crippen LogP) is 2.18. The molecule has 1 amide bonds. The van der Waals surface area contributed by atoms with Gasteiger partial charge >= 0.3 is 0 Å². The van der Waals surface area contributed by atoms with E-state index in [0.717, 1.165) is 43.0 Å². The van der Waals surface area contributed by atoms with Crippen molar-refractivity contribution in [1.82, 2.24) is 16.0 Å². The Bertz CT molecular complexity index is 678. The summed E-state index contributed by atoms with van der Waals surface area (Å²) < 4.78 is 12.1. The van der Waals surface area contributed by atoms with Crippen LogP contribution in [0.2, 0.25) is 0 Å². The van der Waals surface area contributed by atoms with Crippen LogP contribution < -0.4 is 16.0 Å². The van der Waals surface area contributed by atoms with Crippen LogP contribution in [0.4, 0.5) is 0 Å². The molecule has 0 radical (unpaired) electrons. The maximum Gasteiger partial charge on any atom is 0.251 e. The lowest BCUT2D eigenvalue weighted by molar-refractivity contribution is 0.0955. The van der Waals surface area contributed by atoms with Crippen LogP contribution in [0.3, 0.4) is 0 Å². The molecule has 1 aliphatic rings. The number of amides is 1. The molecule has 1 fully saturated rings. The molecule has 1 aliphatic carbocycles. The van der Waals surface area contributed by atoms with Gasteiger partial charge in [0.25, 0.3) is 5.91 Å². The Balaban J connectivity index is 1.89. The highest BCUT2D eigenvalue weighted by Gasteiger charge is 2.26. The van der Waals surface area contributed by atoms with Gasteiger partial charge in [0, 0.05) is 53.5 Å². The minimum atomic E-state index is -0.732. The standard InChI is InChI=1S/C20H32N4O2S/c1-4-22-19(25)16-9-6-8-15(12-16)14-23-20(21-3)24-17-10-7-11-18(13-17)27(26)5-2/h6,8-9,12,17-18H,4-5,7,10-11,13-14H2,1-3H3,(H,22,25)(H2,21,23,24). The summed E-state index contributed by atoms with van der Waals surface area (Å²) in [6, 6.07) is 7.89. The molecule has 7 heteroatoms. The van der Waals surface area contributed by atoms with Gasteiger partial charge in [0.2, 0.25) is 0 Å². The molecule has 1 aromatic carbocycles. The smallest absolute Gasteiger partial charge is 0.251 e. The van der Waals surface area contributed by atoms with E-state index in [1.807, 2.05) is 38.1 Å². The van der Waals surface area contributed by atoms with Gasteiger partial charge in [0.15, 0.2) is 5.96 Å². The van der Waals surface area contributed by atoms with Crippen molar-refractivity contribution in [3.63, 3.8) is 0 Å². The highest BCUT2D eigenvalue weighted by atomic mass is 32.2. The highest BCUT2D eigenvalue weighted by Crippen LogP contribution is 2.23. The number of benzene rings is 1. The number of hydrogen-bond acceptors (Lipinski definition) is 3. The normalized spacial score (nSPS) is 21.4. The molecule has 0 aromatic heterocycles. The van der Waals surface area contributed by atoms with Crippen LogP contribution in [-0.2, 0) is 17.3 Å². The lowest BCUT2D eigenvalue weighted by Crippen LogP contribution is -2.46. The number of carbonyl (C=O) groups excluding carboxylic acids is 1. The first-order chi connectivity index (χ1) is 13.1. The first-order valence-corrected chi connectivity index (χ1v) is 11.2. The lowest BCUT2D eigenvalue weighted by Gasteiger charge is -2.30. The zero-order valence-corrected chi connectivity index (χ0v) is 17.4. The van der Waals surface area contributed by atoms with Crippen LogP contribution in [-0.4, -0.2) is 46.7 Å². The molecule has 3 N–H and O–H groups in total. The third-order valence-electron chi connectivity index (χ3n) is 4.83. The van der Waals surface area contributed by atoms with Crippen LogP contribution in [0.25, 0.3) is 0 Å². The Hall–Kier alpha value is -1.89. The Labute approximate surface area is 165 Å². The van der Waals surface area contributed by atoms with Crippen molar-refractivity contribution < 1.29 is 9.00 Å². The number of nitrogens with zero attached hydrogens (tertiary/aromatic N) is 1. The maximum atomic E-state index is 12.1. The van der Waals surface area contributed by atoms with Gasteiger partial charge in [0.1, 0.15) is 0 Å². The fourth-order valence-electron chi connectivity index (χ4n) is 3.41. The summed E-state index contributed by atoms with van der Waals surface area (Å²) in [6.45, 7) is 5.10. The van der Waals surface area contributed by atoms with E-state index in [-0.39, 0.29) is 11.2 Å². The number of aliphatic imine (C=N–C) groups is 1. The van der Waals surface area contributed by atoms with E-state index in [1.165, 1.54) is 0 Å². The molecule has 1 saturated carbocycles. The SMILES string of the molecule is CCNC(=O)c1cccc(CNC(=NC)NC2CCCC(S(=O)CC)C2)c1. The van der Waals surface area contributed by atoms with Gasteiger partial charge < -0.3 is 16.0 Å². The average molecular weight is 393 g/mol. The summed E-state index contributed by atoms with van der Waals surface area (Å²) in [5.41, 5.74) is 1.69. The van der Waals surface area contributed by atoms with Crippen molar-refractivity contribution in [3.05, 3.63) is 35.4 Å². The number of guanidine groups is 1. The topological polar surface area (TPSA) is 82.6 Å². The first kappa shape index (κ1) is 21.4. The molecule has 27 heavy (non-hydrogen) atoms. The second-order valence-electron chi connectivity index (χ2n) is 6.78. The number of nitrogens with one attached hydrogen (secondary N) is 3. The zero-order valence-electron chi connectivity index (χ0n) is 16.6. The van der Waals surface area contributed by atoms with Gasteiger partial charge in [-0.15, -0.1) is 0 Å². The lowest BCUT2D eigenvalue weighted by atomic mass is 9.95. The molecular weight excluding hydrogens is 360 g/mol. The molecule has 1 aromatic rings. The van der Waals surface area contributed by atoms with Gasteiger partial charge in [-0.1, -0.05) is 25.5 Å². The Morgan fingerprint density at radius 2 is 2.07 bits per heavy atom. The van der Waals surface area contributed by atoms with Crippen LogP contribution >= 0.6 is 0 Å².